The lowest BCUT2D eigenvalue weighted by atomic mass is 10.2. The van der Waals surface area contributed by atoms with Crippen LogP contribution in [0.25, 0.3) is 0 Å². The van der Waals surface area contributed by atoms with Crippen molar-refractivity contribution in [1.29, 1.82) is 10.8 Å². The minimum atomic E-state index is -1.28. The fraction of sp³-hybridized carbons (Fsp3) is 0. The molecule has 0 unspecified atom stereocenters. The number of anilines is 1. The van der Waals surface area contributed by atoms with Crippen LogP contribution in [-0.4, -0.2) is 26.4 Å². The number of aromatic hydroxyl groups is 1. The Kier molecular flexibility index (Phi) is 3.02. The van der Waals surface area contributed by atoms with Crippen molar-refractivity contribution in [2.45, 2.75) is 0 Å². The van der Waals surface area contributed by atoms with Crippen LogP contribution in [-0.2, 0) is 0 Å². The lowest BCUT2D eigenvalue weighted by Crippen LogP contribution is -2.34. The summed E-state index contributed by atoms with van der Waals surface area (Å²) in [5.74, 6) is -1.76. The van der Waals surface area contributed by atoms with Crippen molar-refractivity contribution < 1.29 is 15.0 Å². The summed E-state index contributed by atoms with van der Waals surface area (Å²) in [7, 11) is 0. The normalized spacial score (nSPS) is 10.1. The molecule has 0 spiro atoms. The van der Waals surface area contributed by atoms with Crippen molar-refractivity contribution in [3.63, 3.8) is 0 Å². The molecule has 96 valence electrons. The first-order valence-corrected chi connectivity index (χ1v) is 4.99. The molecule has 0 radical (unpaired) electrons. The number of benzene rings is 1. The van der Waals surface area contributed by atoms with Crippen LogP contribution in [0.4, 0.5) is 5.69 Å². The van der Waals surface area contributed by atoms with Gasteiger partial charge in [-0.25, -0.2) is 4.79 Å². The number of aromatic carboxylic acids is 1. The highest BCUT2D eigenvalue weighted by Gasteiger charge is 2.12. The lowest BCUT2D eigenvalue weighted by molar-refractivity contribution is 0.0694. The molecule has 0 aliphatic rings. The average Bonchev–Trinajstić information content (AvgIpc) is 2.68. The summed E-state index contributed by atoms with van der Waals surface area (Å²) in [5, 5.41) is 43.5. The van der Waals surface area contributed by atoms with Crippen LogP contribution in [0.2, 0.25) is 0 Å². The van der Waals surface area contributed by atoms with Crippen LogP contribution in [0.5, 0.6) is 5.75 Å². The number of hydrogen-bond acceptors (Lipinski definition) is 8. The molecule has 0 atom stereocenters. The Balaban J connectivity index is 2.44. The van der Waals surface area contributed by atoms with Gasteiger partial charge in [0.15, 0.2) is 22.1 Å². The van der Waals surface area contributed by atoms with Gasteiger partial charge in [-0.3, -0.25) is 16.2 Å². The highest BCUT2D eigenvalue weighted by atomic mass is 16.4. The Morgan fingerprint density at radius 1 is 1.26 bits per heavy atom. The molecule has 0 bridgehead atoms. The molecule has 9 heteroatoms. The zero-order valence-corrected chi connectivity index (χ0v) is 9.38. The third kappa shape index (κ3) is 2.29. The predicted octanol–water partition coefficient (Wildman–Crippen LogP) is -1.36. The molecule has 9 nitrogen and oxygen atoms in total. The van der Waals surface area contributed by atoms with Crippen LogP contribution in [0, 0.1) is 10.8 Å². The Bertz CT molecular complexity index is 760. The first-order chi connectivity index (χ1) is 9.00. The second-order valence-electron chi connectivity index (χ2n) is 3.48. The number of aromatic nitrogens is 2. The van der Waals surface area contributed by atoms with Crippen LogP contribution in [0.3, 0.4) is 0 Å². The largest absolute Gasteiger partial charge is 0.505 e. The van der Waals surface area contributed by atoms with Gasteiger partial charge in [0.25, 0.3) is 0 Å². The van der Waals surface area contributed by atoms with E-state index in [9.17, 15) is 9.90 Å². The number of carboxylic acids is 1. The Morgan fingerprint density at radius 3 is 2.47 bits per heavy atom. The van der Waals surface area contributed by atoms with E-state index in [4.69, 9.17) is 15.9 Å². The van der Waals surface area contributed by atoms with Gasteiger partial charge in [-0.2, -0.15) is 5.10 Å². The molecule has 19 heavy (non-hydrogen) atoms. The van der Waals surface area contributed by atoms with Gasteiger partial charge in [0, 0.05) is 0 Å². The maximum absolute atomic E-state index is 10.8. The number of phenols is 1. The van der Waals surface area contributed by atoms with Gasteiger partial charge in [-0.1, -0.05) is 6.07 Å². The monoisotopic (exact) mass is 260 g/mol. The predicted molar refractivity (Wildman–Crippen MR) is 60.4 cm³/mol. The number of hydrogen-bond donors (Lipinski definition) is 5. The van der Waals surface area contributed by atoms with Crippen molar-refractivity contribution in [3.8, 4) is 5.75 Å². The molecule has 5 N–H and O–H groups in total. The molecule has 1 aromatic heterocycles. The lowest BCUT2D eigenvalue weighted by Gasteiger charge is -2.05. The fourth-order valence-corrected chi connectivity index (χ4v) is 1.34. The number of carbonyl (C=O) groups is 1. The standard InChI is InChI=1S/C10H8N6O3/c11-8-6(9(12)16-15-8)14-13-5-3-1-2-4(7(5)17)10(18)19/h1-3,11-13,17H,(H,18,19). The minimum absolute atomic E-state index is 0.0416. The molecule has 0 saturated heterocycles. The van der Waals surface area contributed by atoms with Gasteiger partial charge >= 0.3 is 5.97 Å². The van der Waals surface area contributed by atoms with Crippen LogP contribution >= 0.6 is 0 Å². The first-order valence-electron chi connectivity index (χ1n) is 4.99. The molecule has 2 aromatic rings. The summed E-state index contributed by atoms with van der Waals surface area (Å²) < 4.78 is 0. The number of carboxylic acid groups (broad SMARTS) is 1. The molecule has 1 heterocycles. The average molecular weight is 260 g/mol. The summed E-state index contributed by atoms with van der Waals surface area (Å²) >= 11 is 0. The summed E-state index contributed by atoms with van der Waals surface area (Å²) in [5.41, 5.74) is 1.57. The van der Waals surface area contributed by atoms with E-state index in [-0.39, 0.29) is 27.6 Å². The Labute approximate surface area is 105 Å². The maximum atomic E-state index is 10.8. The Hall–Kier alpha value is -3.10. The summed E-state index contributed by atoms with van der Waals surface area (Å²) in [4.78, 5) is 10.8. The third-order valence-corrected chi connectivity index (χ3v) is 2.25. The first kappa shape index (κ1) is 12.4. The Morgan fingerprint density at radius 2 is 1.89 bits per heavy atom. The number of rotatable bonds is 3. The van der Waals surface area contributed by atoms with Crippen molar-refractivity contribution in [2.75, 3.05) is 5.43 Å². The van der Waals surface area contributed by atoms with E-state index in [2.05, 4.69) is 20.7 Å². The highest BCUT2D eigenvalue weighted by Crippen LogP contribution is 2.27. The van der Waals surface area contributed by atoms with Gasteiger partial charge in [0.05, 0.1) is 5.69 Å². The number of nitrogens with one attached hydrogen (secondary N) is 3. The second-order valence-corrected chi connectivity index (χ2v) is 3.48. The van der Waals surface area contributed by atoms with Crippen LogP contribution in [0.15, 0.2) is 23.3 Å². The van der Waals surface area contributed by atoms with E-state index in [1.165, 1.54) is 18.2 Å². The molecular formula is C10H8N6O3. The van der Waals surface area contributed by atoms with Gasteiger partial charge in [0.1, 0.15) is 5.56 Å². The molecule has 0 saturated carbocycles. The third-order valence-electron chi connectivity index (χ3n) is 2.25. The van der Waals surface area contributed by atoms with E-state index >= 15 is 0 Å². The quantitative estimate of drug-likeness (QED) is 0.339. The van der Waals surface area contributed by atoms with E-state index < -0.39 is 11.7 Å². The maximum Gasteiger partial charge on any atom is 0.339 e. The summed E-state index contributed by atoms with van der Waals surface area (Å²) in [6.07, 6.45) is 0. The van der Waals surface area contributed by atoms with E-state index in [1.54, 1.807) is 0 Å². The van der Waals surface area contributed by atoms with Crippen LogP contribution < -0.4 is 21.8 Å². The molecule has 1 aromatic carbocycles. The molecule has 0 aliphatic carbocycles. The van der Waals surface area contributed by atoms with Gasteiger partial charge < -0.3 is 10.2 Å². The van der Waals surface area contributed by atoms with E-state index in [0.717, 1.165) is 0 Å². The zero-order chi connectivity index (χ0) is 14.0. The van der Waals surface area contributed by atoms with Crippen molar-refractivity contribution in [2.24, 2.45) is 5.10 Å². The summed E-state index contributed by atoms with van der Waals surface area (Å²) in [6.45, 7) is 0. The SMILES string of the molecule is N=c1nnc(=N)c1=NNc1cccc(C(=O)O)c1O. The molecule has 0 aliphatic heterocycles. The van der Waals surface area contributed by atoms with E-state index in [1.807, 2.05) is 0 Å². The van der Waals surface area contributed by atoms with E-state index in [0.29, 0.717) is 0 Å². The van der Waals surface area contributed by atoms with Crippen molar-refractivity contribution in [1.82, 2.24) is 10.2 Å². The highest BCUT2D eigenvalue weighted by molar-refractivity contribution is 5.93. The molecule has 0 amide bonds. The topological polar surface area (TPSA) is 155 Å². The molecular weight excluding hydrogens is 252 g/mol. The van der Waals surface area contributed by atoms with Gasteiger partial charge in [-0.05, 0) is 12.1 Å². The summed E-state index contributed by atoms with van der Waals surface area (Å²) in [6, 6.07) is 4.06. The molecule has 0 fully saturated rings. The van der Waals surface area contributed by atoms with Crippen molar-refractivity contribution in [3.05, 3.63) is 40.1 Å². The molecule has 2 rings (SSSR count). The second kappa shape index (κ2) is 4.64. The van der Waals surface area contributed by atoms with Gasteiger partial charge in [-0.15, -0.1) is 10.2 Å². The van der Waals surface area contributed by atoms with Crippen LogP contribution in [0.1, 0.15) is 10.4 Å². The smallest absolute Gasteiger partial charge is 0.339 e. The number of para-hydroxylation sites is 1. The minimum Gasteiger partial charge on any atom is -0.505 e. The zero-order valence-electron chi connectivity index (χ0n) is 9.38. The number of nitrogens with zero attached hydrogens (tertiary/aromatic N) is 3. The fourth-order valence-electron chi connectivity index (χ4n) is 1.34. The van der Waals surface area contributed by atoms with Gasteiger partial charge in [0.2, 0.25) is 0 Å². The van der Waals surface area contributed by atoms with Crippen molar-refractivity contribution >= 4 is 11.7 Å².